The first kappa shape index (κ1) is 38.0. The van der Waals surface area contributed by atoms with Gasteiger partial charge in [-0.3, -0.25) is 39.1 Å². The molecule has 1 spiro atoms. The standard InChI is InChI=1S/C43H44ClFN8O5/c1-26-22-43(25-52(26)29-5-7-35(46-2)33(44)21-29)11-13-49(14-12-43)36-8-3-27(19-34(36)45)40(56)50-17-15-48(16-18-50)30-23-51(24-30)28-4-6-31-32(20-28)42(58)53(41(31)57)37-9-10-38(54)47-39(37)55/h3-8,19-21,26,30,37H,9-18,22-25H2,1H3,(H,47,54,55)/t26-,37?/m0/s1. The summed E-state index contributed by atoms with van der Waals surface area (Å²) in [5.74, 6) is -2.65. The Bertz CT molecular complexity index is 2280. The average Bonchev–Trinajstić information content (AvgIpc) is 3.65. The van der Waals surface area contributed by atoms with Gasteiger partial charge in [0.1, 0.15) is 11.9 Å². The maximum Gasteiger partial charge on any atom is 0.262 e. The summed E-state index contributed by atoms with van der Waals surface area (Å²) in [6.45, 7) is 15.8. The minimum atomic E-state index is -1.00. The number of hydrogen-bond acceptors (Lipinski definition) is 9. The normalized spacial score (nSPS) is 23.7. The molecule has 6 heterocycles. The zero-order chi connectivity index (χ0) is 40.5. The van der Waals surface area contributed by atoms with Crippen molar-refractivity contribution in [2.45, 2.75) is 57.2 Å². The Labute approximate surface area is 341 Å². The van der Waals surface area contributed by atoms with Crippen LogP contribution in [0.25, 0.3) is 4.85 Å². The summed E-state index contributed by atoms with van der Waals surface area (Å²) in [6.07, 6.45) is 3.09. The molecular weight excluding hydrogens is 763 g/mol. The van der Waals surface area contributed by atoms with E-state index in [2.05, 4.69) is 36.7 Å². The van der Waals surface area contributed by atoms with E-state index in [1.165, 1.54) is 6.07 Å². The summed E-state index contributed by atoms with van der Waals surface area (Å²) in [7, 11) is 0. The van der Waals surface area contributed by atoms with Gasteiger partial charge in [0.25, 0.3) is 17.7 Å². The van der Waals surface area contributed by atoms with E-state index in [9.17, 15) is 24.0 Å². The zero-order valence-electron chi connectivity index (χ0n) is 32.3. The molecule has 5 saturated heterocycles. The second-order valence-electron chi connectivity index (χ2n) is 16.6. The van der Waals surface area contributed by atoms with Crippen LogP contribution in [0.5, 0.6) is 0 Å². The zero-order valence-corrected chi connectivity index (χ0v) is 33.0. The van der Waals surface area contributed by atoms with E-state index >= 15 is 4.39 Å². The van der Waals surface area contributed by atoms with E-state index in [-0.39, 0.29) is 47.1 Å². The van der Waals surface area contributed by atoms with Gasteiger partial charge in [-0.05, 0) is 86.6 Å². The molecule has 2 atom stereocenters. The minimum Gasteiger partial charge on any atom is -0.369 e. The second-order valence-corrected chi connectivity index (χ2v) is 17.1. The lowest BCUT2D eigenvalue weighted by atomic mass is 9.76. The lowest BCUT2D eigenvalue weighted by molar-refractivity contribution is -0.136. The summed E-state index contributed by atoms with van der Waals surface area (Å²) in [6, 6.07) is 15.3. The Morgan fingerprint density at radius 2 is 1.60 bits per heavy atom. The number of amides is 5. The number of rotatable bonds is 6. The van der Waals surface area contributed by atoms with Crippen molar-refractivity contribution in [1.82, 2.24) is 20.0 Å². The van der Waals surface area contributed by atoms with E-state index in [0.29, 0.717) is 54.2 Å². The van der Waals surface area contributed by atoms with Crippen molar-refractivity contribution in [3.63, 3.8) is 0 Å². The molecule has 58 heavy (non-hydrogen) atoms. The molecule has 5 amide bonds. The third-order valence-electron chi connectivity index (χ3n) is 13.3. The highest BCUT2D eigenvalue weighted by atomic mass is 35.5. The molecule has 0 radical (unpaired) electrons. The number of carbonyl (C=O) groups excluding carboxylic acids is 5. The molecule has 0 bridgehead atoms. The van der Waals surface area contributed by atoms with Crippen LogP contribution < -0.4 is 20.0 Å². The van der Waals surface area contributed by atoms with Crippen LogP contribution in [0.2, 0.25) is 5.02 Å². The lowest BCUT2D eigenvalue weighted by Crippen LogP contribution is -2.63. The molecule has 15 heteroatoms. The van der Waals surface area contributed by atoms with Gasteiger partial charge in [-0.1, -0.05) is 17.7 Å². The van der Waals surface area contributed by atoms with Gasteiger partial charge in [0.05, 0.1) is 23.4 Å². The van der Waals surface area contributed by atoms with Crippen LogP contribution in [0, 0.1) is 17.8 Å². The molecular formula is C43H44ClFN8O5. The number of carbonyl (C=O) groups is 5. The van der Waals surface area contributed by atoms with Crippen molar-refractivity contribution in [2.75, 3.05) is 73.6 Å². The highest BCUT2D eigenvalue weighted by molar-refractivity contribution is 6.33. The summed E-state index contributed by atoms with van der Waals surface area (Å²) >= 11 is 6.36. The van der Waals surface area contributed by atoms with E-state index in [1.807, 2.05) is 18.2 Å². The fourth-order valence-corrected chi connectivity index (χ4v) is 10.2. The van der Waals surface area contributed by atoms with Crippen molar-refractivity contribution in [3.05, 3.63) is 93.5 Å². The van der Waals surface area contributed by atoms with Gasteiger partial charge in [0.2, 0.25) is 17.5 Å². The molecule has 1 N–H and O–H groups in total. The fourth-order valence-electron chi connectivity index (χ4n) is 9.94. The van der Waals surface area contributed by atoms with Crippen LogP contribution in [0.3, 0.4) is 0 Å². The molecule has 0 saturated carbocycles. The molecule has 1 unspecified atom stereocenters. The van der Waals surface area contributed by atoms with Crippen molar-refractivity contribution >= 4 is 63.9 Å². The molecule has 0 aliphatic carbocycles. The van der Waals surface area contributed by atoms with E-state index < -0.39 is 29.7 Å². The Morgan fingerprint density at radius 1 is 0.879 bits per heavy atom. The number of benzene rings is 3. The van der Waals surface area contributed by atoms with Gasteiger partial charge in [-0.2, -0.15) is 0 Å². The van der Waals surface area contributed by atoms with Crippen molar-refractivity contribution in [2.24, 2.45) is 5.41 Å². The van der Waals surface area contributed by atoms with Crippen molar-refractivity contribution in [1.29, 1.82) is 0 Å². The predicted octanol–water partition coefficient (Wildman–Crippen LogP) is 4.96. The first-order valence-electron chi connectivity index (χ1n) is 20.0. The number of piperidine rings is 2. The largest absolute Gasteiger partial charge is 0.369 e. The number of fused-ring (bicyclic) bond motifs is 1. The van der Waals surface area contributed by atoms with E-state index in [4.69, 9.17) is 18.2 Å². The first-order chi connectivity index (χ1) is 27.9. The maximum atomic E-state index is 15.7. The molecule has 0 aromatic heterocycles. The number of halogens is 2. The molecule has 6 aliphatic rings. The predicted molar refractivity (Wildman–Crippen MR) is 216 cm³/mol. The van der Waals surface area contributed by atoms with Crippen LogP contribution >= 0.6 is 11.6 Å². The quantitative estimate of drug-likeness (QED) is 0.272. The van der Waals surface area contributed by atoms with Gasteiger partial charge in [-0.15, -0.1) is 0 Å². The molecule has 6 aliphatic heterocycles. The van der Waals surface area contributed by atoms with Gasteiger partial charge in [0.15, 0.2) is 0 Å². The molecule has 13 nitrogen and oxygen atoms in total. The Morgan fingerprint density at radius 3 is 2.29 bits per heavy atom. The third-order valence-corrected chi connectivity index (χ3v) is 13.6. The number of nitrogens with one attached hydrogen (secondary N) is 1. The van der Waals surface area contributed by atoms with Gasteiger partial charge in [-0.25, -0.2) is 9.24 Å². The number of hydrogen-bond donors (Lipinski definition) is 1. The van der Waals surface area contributed by atoms with E-state index in [0.717, 1.165) is 68.3 Å². The highest BCUT2D eigenvalue weighted by Crippen LogP contribution is 2.46. The monoisotopic (exact) mass is 806 g/mol. The maximum absolute atomic E-state index is 15.7. The van der Waals surface area contributed by atoms with Gasteiger partial charge >= 0.3 is 0 Å². The molecule has 300 valence electrons. The van der Waals surface area contributed by atoms with Crippen molar-refractivity contribution in [3.8, 4) is 0 Å². The number of piperazine rings is 1. The smallest absolute Gasteiger partial charge is 0.262 e. The van der Waals surface area contributed by atoms with Crippen LogP contribution in [-0.2, 0) is 9.59 Å². The number of nitrogens with zero attached hydrogens (tertiary/aromatic N) is 7. The number of anilines is 3. The van der Waals surface area contributed by atoms with Crippen LogP contribution in [0.1, 0.15) is 70.1 Å². The second kappa shape index (κ2) is 14.7. The lowest BCUT2D eigenvalue weighted by Gasteiger charge is -2.49. The highest BCUT2D eigenvalue weighted by Gasteiger charge is 2.46. The number of imide groups is 2. The SMILES string of the molecule is [C-]#[N+]c1ccc(N2CC3(CCN(c4ccc(C(=O)N5CCN(C6CN(c7ccc8c(c7)C(=O)N(C7CCC(=O)NC7=O)C8=O)C6)CC5)cc4F)CC3)C[C@@H]2C)cc1Cl. The van der Waals surface area contributed by atoms with Gasteiger partial charge < -0.3 is 19.6 Å². The Kier molecular flexibility index (Phi) is 9.63. The van der Waals surface area contributed by atoms with E-state index in [1.54, 1.807) is 35.2 Å². The molecule has 3 aromatic rings. The Balaban J connectivity index is 0.754. The third kappa shape index (κ3) is 6.63. The Hall–Kier alpha value is -5.52. The van der Waals surface area contributed by atoms with Crippen molar-refractivity contribution < 1.29 is 28.4 Å². The summed E-state index contributed by atoms with van der Waals surface area (Å²) < 4.78 is 15.7. The molecule has 3 aromatic carbocycles. The minimum absolute atomic E-state index is 0.0694. The molecule has 9 rings (SSSR count). The molecule has 5 fully saturated rings. The summed E-state index contributed by atoms with van der Waals surface area (Å²) in [5.41, 5.74) is 3.82. The topological polar surface area (TPSA) is 121 Å². The van der Waals surface area contributed by atoms with Crippen LogP contribution in [0.4, 0.5) is 27.1 Å². The van der Waals surface area contributed by atoms with Crippen LogP contribution in [-0.4, -0.2) is 121 Å². The van der Waals surface area contributed by atoms with Gasteiger partial charge in [0, 0.05) is 99.4 Å². The summed E-state index contributed by atoms with van der Waals surface area (Å²) in [5, 5.41) is 2.69. The first-order valence-corrected chi connectivity index (χ1v) is 20.4. The average molecular weight is 807 g/mol. The summed E-state index contributed by atoms with van der Waals surface area (Å²) in [4.78, 5) is 79.2. The van der Waals surface area contributed by atoms with Crippen LogP contribution in [0.15, 0.2) is 54.6 Å². The fraction of sp³-hybridized carbons (Fsp3) is 0.442.